The zero-order chi connectivity index (χ0) is 20.1. The summed E-state index contributed by atoms with van der Waals surface area (Å²) < 4.78 is 24.2. The first kappa shape index (κ1) is 20.2. The van der Waals surface area contributed by atoms with Gasteiger partial charge in [-0.2, -0.15) is 0 Å². The van der Waals surface area contributed by atoms with E-state index in [4.69, 9.17) is 9.47 Å². The van der Waals surface area contributed by atoms with Gasteiger partial charge in [-0.15, -0.1) is 0 Å². The highest BCUT2D eigenvalue weighted by molar-refractivity contribution is 5.85. The van der Waals surface area contributed by atoms with Gasteiger partial charge in [0.05, 0.1) is 7.11 Å². The molecule has 0 aliphatic rings. The van der Waals surface area contributed by atoms with Gasteiger partial charge in [0.25, 0.3) is 5.91 Å². The van der Waals surface area contributed by atoms with Gasteiger partial charge in [-0.1, -0.05) is 23.8 Å². The van der Waals surface area contributed by atoms with E-state index in [2.05, 4.69) is 5.32 Å². The van der Waals surface area contributed by atoms with Gasteiger partial charge >= 0.3 is 5.97 Å². The number of halogens is 1. The molecule has 0 bridgehead atoms. The number of ether oxygens (including phenoxy) is 2. The van der Waals surface area contributed by atoms with Crippen molar-refractivity contribution in [2.75, 3.05) is 13.7 Å². The third-order valence-electron chi connectivity index (χ3n) is 4.01. The Labute approximate surface area is 156 Å². The Hall–Kier alpha value is -3.09. The molecule has 2 aromatic rings. The molecule has 2 rings (SSSR count). The maximum absolute atomic E-state index is 13.8. The summed E-state index contributed by atoms with van der Waals surface area (Å²) >= 11 is 0. The standard InChI is InChI=1S/C20H22FNO5/c1-11-7-12(2)19(13(3)8-11)27-10-17(23)22-18(20(24)25)14-5-6-16(26-4)15(21)9-14/h5-9,18H,10H2,1-4H3,(H,22,23)(H,24,25). The SMILES string of the molecule is COc1ccc(C(NC(=O)COc2c(C)cc(C)cc2C)C(=O)O)cc1F. The van der Waals surface area contributed by atoms with Gasteiger partial charge in [-0.3, -0.25) is 4.79 Å². The second kappa shape index (κ2) is 8.53. The van der Waals surface area contributed by atoms with Crippen LogP contribution in [-0.4, -0.2) is 30.7 Å². The Morgan fingerprint density at radius 3 is 2.30 bits per heavy atom. The fourth-order valence-corrected chi connectivity index (χ4v) is 2.88. The van der Waals surface area contributed by atoms with Crippen LogP contribution >= 0.6 is 0 Å². The molecule has 7 heteroatoms. The van der Waals surface area contributed by atoms with Gasteiger partial charge < -0.3 is 19.9 Å². The van der Waals surface area contributed by atoms with Crippen molar-refractivity contribution < 1.29 is 28.6 Å². The number of hydrogen-bond donors (Lipinski definition) is 2. The molecule has 0 saturated heterocycles. The first-order chi connectivity index (χ1) is 12.7. The number of rotatable bonds is 7. The number of carbonyl (C=O) groups is 2. The molecular weight excluding hydrogens is 353 g/mol. The Morgan fingerprint density at radius 1 is 1.15 bits per heavy atom. The van der Waals surface area contributed by atoms with E-state index in [0.29, 0.717) is 5.75 Å². The third-order valence-corrected chi connectivity index (χ3v) is 4.01. The minimum absolute atomic E-state index is 0.0112. The van der Waals surface area contributed by atoms with Crippen LogP contribution in [0.3, 0.4) is 0 Å². The number of hydrogen-bond acceptors (Lipinski definition) is 4. The van der Waals surface area contributed by atoms with Crippen LogP contribution in [0.2, 0.25) is 0 Å². The molecule has 0 fully saturated rings. The Balaban J connectivity index is 2.10. The largest absolute Gasteiger partial charge is 0.494 e. The molecule has 27 heavy (non-hydrogen) atoms. The average Bonchev–Trinajstić information content (AvgIpc) is 2.58. The van der Waals surface area contributed by atoms with E-state index >= 15 is 0 Å². The first-order valence-corrected chi connectivity index (χ1v) is 8.29. The lowest BCUT2D eigenvalue weighted by Crippen LogP contribution is -2.36. The van der Waals surface area contributed by atoms with Crippen LogP contribution in [0.4, 0.5) is 4.39 Å². The average molecular weight is 375 g/mol. The maximum atomic E-state index is 13.8. The van der Waals surface area contributed by atoms with Crippen LogP contribution < -0.4 is 14.8 Å². The predicted octanol–water partition coefficient (Wildman–Crippen LogP) is 3.08. The quantitative estimate of drug-likeness (QED) is 0.777. The van der Waals surface area contributed by atoms with Crippen molar-refractivity contribution in [1.82, 2.24) is 5.32 Å². The zero-order valence-corrected chi connectivity index (χ0v) is 15.6. The second-order valence-electron chi connectivity index (χ2n) is 6.25. The molecule has 2 aromatic carbocycles. The van der Waals surface area contributed by atoms with E-state index in [1.165, 1.54) is 19.2 Å². The molecule has 6 nitrogen and oxygen atoms in total. The number of aliphatic carboxylic acids is 1. The molecule has 0 spiro atoms. The molecule has 1 amide bonds. The first-order valence-electron chi connectivity index (χ1n) is 8.29. The molecule has 1 atom stereocenters. The van der Waals surface area contributed by atoms with Gasteiger partial charge in [0, 0.05) is 0 Å². The van der Waals surface area contributed by atoms with Gasteiger partial charge in [0.1, 0.15) is 5.75 Å². The molecule has 0 aliphatic heterocycles. The van der Waals surface area contributed by atoms with Crippen LogP contribution in [0.5, 0.6) is 11.5 Å². The lowest BCUT2D eigenvalue weighted by Gasteiger charge is -2.17. The molecule has 1 unspecified atom stereocenters. The van der Waals surface area contributed by atoms with Crippen LogP contribution in [0.15, 0.2) is 30.3 Å². The third kappa shape index (κ3) is 4.97. The number of methoxy groups -OCH3 is 1. The highest BCUT2D eigenvalue weighted by Crippen LogP contribution is 2.25. The summed E-state index contributed by atoms with van der Waals surface area (Å²) in [6.07, 6.45) is 0. The van der Waals surface area contributed by atoms with Crippen molar-refractivity contribution in [3.63, 3.8) is 0 Å². The minimum Gasteiger partial charge on any atom is -0.494 e. The van der Waals surface area contributed by atoms with Crippen molar-refractivity contribution in [3.05, 3.63) is 58.4 Å². The number of aryl methyl sites for hydroxylation is 3. The van der Waals surface area contributed by atoms with Gasteiger partial charge in [0.15, 0.2) is 24.2 Å². The van der Waals surface area contributed by atoms with Gasteiger partial charge in [0.2, 0.25) is 0 Å². The van der Waals surface area contributed by atoms with E-state index in [1.807, 2.05) is 32.9 Å². The number of carbonyl (C=O) groups excluding carboxylic acids is 1. The number of carboxylic acids is 1. The second-order valence-corrected chi connectivity index (χ2v) is 6.25. The Kier molecular flexibility index (Phi) is 6.39. The van der Waals surface area contributed by atoms with Gasteiger partial charge in [-0.05, 0) is 49.6 Å². The molecule has 0 radical (unpaired) electrons. The molecule has 2 N–H and O–H groups in total. The fourth-order valence-electron chi connectivity index (χ4n) is 2.88. The summed E-state index contributed by atoms with van der Waals surface area (Å²) in [5.74, 6) is -2.08. The molecule has 0 heterocycles. The van der Waals surface area contributed by atoms with Crippen LogP contribution in [-0.2, 0) is 9.59 Å². The Morgan fingerprint density at radius 2 is 1.78 bits per heavy atom. The van der Waals surface area contributed by atoms with Crippen LogP contribution in [0.25, 0.3) is 0 Å². The van der Waals surface area contributed by atoms with E-state index in [0.717, 1.165) is 22.8 Å². The molecule has 0 aliphatic carbocycles. The van der Waals surface area contributed by atoms with Crippen molar-refractivity contribution in [2.45, 2.75) is 26.8 Å². The molecule has 0 aromatic heterocycles. The van der Waals surface area contributed by atoms with E-state index in [9.17, 15) is 19.1 Å². The van der Waals surface area contributed by atoms with E-state index < -0.39 is 23.7 Å². The van der Waals surface area contributed by atoms with Gasteiger partial charge in [-0.25, -0.2) is 9.18 Å². The number of carboxylic acid groups (broad SMARTS) is 1. The van der Waals surface area contributed by atoms with Crippen molar-refractivity contribution in [3.8, 4) is 11.5 Å². The van der Waals surface area contributed by atoms with Crippen molar-refractivity contribution in [2.24, 2.45) is 0 Å². The highest BCUT2D eigenvalue weighted by Gasteiger charge is 2.23. The summed E-state index contributed by atoms with van der Waals surface area (Å²) in [5, 5.41) is 11.7. The molecular formula is C20H22FNO5. The topological polar surface area (TPSA) is 84.9 Å². The van der Waals surface area contributed by atoms with E-state index in [-0.39, 0.29) is 17.9 Å². The Bertz CT molecular complexity index is 842. The fraction of sp³-hybridized carbons (Fsp3) is 0.300. The summed E-state index contributed by atoms with van der Waals surface area (Å²) in [4.78, 5) is 23.7. The van der Waals surface area contributed by atoms with Crippen LogP contribution in [0, 0.1) is 26.6 Å². The summed E-state index contributed by atoms with van der Waals surface area (Å²) in [6, 6.07) is 6.17. The molecule has 0 saturated carbocycles. The monoisotopic (exact) mass is 375 g/mol. The molecule has 144 valence electrons. The van der Waals surface area contributed by atoms with E-state index in [1.54, 1.807) is 0 Å². The number of nitrogens with one attached hydrogen (secondary N) is 1. The summed E-state index contributed by atoms with van der Waals surface area (Å²) in [5.41, 5.74) is 2.94. The number of benzene rings is 2. The highest BCUT2D eigenvalue weighted by atomic mass is 19.1. The number of amides is 1. The predicted molar refractivity (Wildman–Crippen MR) is 97.6 cm³/mol. The van der Waals surface area contributed by atoms with Crippen molar-refractivity contribution >= 4 is 11.9 Å². The zero-order valence-electron chi connectivity index (χ0n) is 15.6. The van der Waals surface area contributed by atoms with Crippen LogP contribution in [0.1, 0.15) is 28.3 Å². The lowest BCUT2D eigenvalue weighted by atomic mass is 10.1. The maximum Gasteiger partial charge on any atom is 0.330 e. The smallest absolute Gasteiger partial charge is 0.330 e. The normalized spacial score (nSPS) is 11.6. The van der Waals surface area contributed by atoms with Crippen molar-refractivity contribution in [1.29, 1.82) is 0 Å². The summed E-state index contributed by atoms with van der Waals surface area (Å²) in [6.45, 7) is 5.34. The summed E-state index contributed by atoms with van der Waals surface area (Å²) in [7, 11) is 1.31. The minimum atomic E-state index is -1.40. The lowest BCUT2D eigenvalue weighted by molar-refractivity contribution is -0.142.